The van der Waals surface area contributed by atoms with E-state index in [1.807, 2.05) is 13.2 Å². The number of amides is 1. The van der Waals surface area contributed by atoms with Gasteiger partial charge in [0, 0.05) is 31.9 Å². The lowest BCUT2D eigenvalue weighted by molar-refractivity contribution is -0.128. The highest BCUT2D eigenvalue weighted by molar-refractivity contribution is 5.78. The molecular formula is C9H13N3O2. The van der Waals surface area contributed by atoms with E-state index in [2.05, 4.69) is 5.10 Å². The number of carbonyl (C=O) groups excluding carboxylic acids is 1. The normalized spacial score (nSPS) is 22.0. The van der Waals surface area contributed by atoms with E-state index in [4.69, 9.17) is 0 Å². The van der Waals surface area contributed by atoms with Crippen molar-refractivity contribution in [2.75, 3.05) is 6.54 Å². The molecule has 1 aromatic heterocycles. The zero-order valence-electron chi connectivity index (χ0n) is 8.05. The molecule has 5 nitrogen and oxygen atoms in total. The van der Waals surface area contributed by atoms with Gasteiger partial charge in [-0.2, -0.15) is 5.10 Å². The quantitative estimate of drug-likeness (QED) is 0.693. The lowest BCUT2D eigenvalue weighted by Gasteiger charge is -2.13. The fourth-order valence-corrected chi connectivity index (χ4v) is 1.68. The Labute approximate surface area is 81.9 Å². The van der Waals surface area contributed by atoms with Crippen LogP contribution in [0.5, 0.6) is 0 Å². The Morgan fingerprint density at radius 1 is 1.71 bits per heavy atom. The number of aryl methyl sites for hydroxylation is 1. The van der Waals surface area contributed by atoms with Crippen LogP contribution in [0.25, 0.3) is 0 Å². The van der Waals surface area contributed by atoms with Crippen molar-refractivity contribution in [2.24, 2.45) is 7.05 Å². The maximum atomic E-state index is 11.3. The molecule has 0 radical (unpaired) electrons. The van der Waals surface area contributed by atoms with Crippen LogP contribution in [0.3, 0.4) is 0 Å². The second-order valence-corrected chi connectivity index (χ2v) is 3.65. The summed E-state index contributed by atoms with van der Waals surface area (Å²) in [5, 5.41) is 13.3. The molecule has 1 unspecified atom stereocenters. The summed E-state index contributed by atoms with van der Waals surface area (Å²) < 4.78 is 1.70. The van der Waals surface area contributed by atoms with E-state index in [1.165, 1.54) is 0 Å². The summed E-state index contributed by atoms with van der Waals surface area (Å²) in [6.45, 7) is 0.984. The number of nitrogens with zero attached hydrogens (tertiary/aromatic N) is 3. The van der Waals surface area contributed by atoms with Gasteiger partial charge in [-0.1, -0.05) is 0 Å². The van der Waals surface area contributed by atoms with E-state index in [1.54, 1.807) is 15.8 Å². The second kappa shape index (κ2) is 3.42. The summed E-state index contributed by atoms with van der Waals surface area (Å²) in [5.41, 5.74) is 0.995. The minimum absolute atomic E-state index is 0.0151. The summed E-state index contributed by atoms with van der Waals surface area (Å²) in [4.78, 5) is 13.0. The van der Waals surface area contributed by atoms with Crippen LogP contribution in [0.15, 0.2) is 12.4 Å². The van der Waals surface area contributed by atoms with E-state index < -0.39 is 6.10 Å². The lowest BCUT2D eigenvalue weighted by Crippen LogP contribution is -2.25. The maximum Gasteiger partial charge on any atom is 0.225 e. The number of aliphatic hydroxyl groups excluding tert-OH is 1. The van der Waals surface area contributed by atoms with E-state index in [0.29, 0.717) is 13.1 Å². The first-order valence-corrected chi connectivity index (χ1v) is 4.58. The summed E-state index contributed by atoms with van der Waals surface area (Å²) in [6, 6.07) is 0. The molecule has 0 spiro atoms. The number of β-amino-alcohol motifs (C(OH)–C–C–N with tert-alkyl or cyclic N) is 1. The Bertz CT molecular complexity index is 348. The molecule has 0 bridgehead atoms. The van der Waals surface area contributed by atoms with Gasteiger partial charge >= 0.3 is 0 Å². The molecule has 1 amide bonds. The van der Waals surface area contributed by atoms with Crippen molar-refractivity contribution >= 4 is 5.91 Å². The average molecular weight is 195 g/mol. The summed E-state index contributed by atoms with van der Waals surface area (Å²) in [6.07, 6.45) is 3.36. The monoisotopic (exact) mass is 195 g/mol. The van der Waals surface area contributed by atoms with Crippen molar-refractivity contribution in [1.82, 2.24) is 14.7 Å². The number of likely N-dealkylation sites (tertiary alicyclic amines) is 1. The number of carbonyl (C=O) groups is 1. The zero-order chi connectivity index (χ0) is 10.1. The van der Waals surface area contributed by atoms with Gasteiger partial charge in [0.15, 0.2) is 0 Å². The number of rotatable bonds is 2. The molecule has 5 heteroatoms. The SMILES string of the molecule is Cn1cc(CN2CC(O)CC2=O)cn1. The number of aromatic nitrogens is 2. The van der Waals surface area contributed by atoms with Gasteiger partial charge in [-0.05, 0) is 0 Å². The van der Waals surface area contributed by atoms with Crippen molar-refractivity contribution in [3.05, 3.63) is 18.0 Å². The third-order valence-electron chi connectivity index (χ3n) is 2.33. The molecule has 14 heavy (non-hydrogen) atoms. The molecule has 76 valence electrons. The second-order valence-electron chi connectivity index (χ2n) is 3.65. The van der Waals surface area contributed by atoms with Gasteiger partial charge in [-0.3, -0.25) is 9.48 Å². The van der Waals surface area contributed by atoms with Crippen LogP contribution in [0.4, 0.5) is 0 Å². The first-order chi connectivity index (χ1) is 6.65. The standard InChI is InChI=1S/C9H13N3O2/c1-11-4-7(3-10-11)5-12-6-8(13)2-9(12)14/h3-4,8,13H,2,5-6H2,1H3. The third kappa shape index (κ3) is 1.77. The van der Waals surface area contributed by atoms with E-state index in [9.17, 15) is 9.90 Å². The van der Waals surface area contributed by atoms with Crippen molar-refractivity contribution in [3.8, 4) is 0 Å². The molecule has 1 saturated heterocycles. The van der Waals surface area contributed by atoms with Crippen molar-refractivity contribution < 1.29 is 9.90 Å². The van der Waals surface area contributed by atoms with E-state index >= 15 is 0 Å². The van der Waals surface area contributed by atoms with Gasteiger partial charge in [0.05, 0.1) is 18.7 Å². The number of aliphatic hydroxyl groups is 1. The topological polar surface area (TPSA) is 58.4 Å². The molecule has 1 atom stereocenters. The van der Waals surface area contributed by atoms with Crippen LogP contribution < -0.4 is 0 Å². The molecule has 1 fully saturated rings. The molecule has 0 saturated carbocycles. The largest absolute Gasteiger partial charge is 0.391 e. The molecular weight excluding hydrogens is 182 g/mol. The molecule has 1 aliphatic rings. The van der Waals surface area contributed by atoms with Crippen LogP contribution in [-0.4, -0.2) is 38.3 Å². The van der Waals surface area contributed by atoms with Crippen LogP contribution in [0.2, 0.25) is 0 Å². The van der Waals surface area contributed by atoms with Gasteiger partial charge in [0.25, 0.3) is 0 Å². The maximum absolute atomic E-state index is 11.3. The highest BCUT2D eigenvalue weighted by Gasteiger charge is 2.27. The lowest BCUT2D eigenvalue weighted by atomic mass is 10.3. The van der Waals surface area contributed by atoms with E-state index in [-0.39, 0.29) is 12.3 Å². The molecule has 0 aliphatic carbocycles. The van der Waals surface area contributed by atoms with Gasteiger partial charge in [-0.15, -0.1) is 0 Å². The molecule has 1 aliphatic heterocycles. The van der Waals surface area contributed by atoms with Crippen LogP contribution in [0, 0.1) is 0 Å². The van der Waals surface area contributed by atoms with Gasteiger partial charge < -0.3 is 10.0 Å². The summed E-state index contributed by atoms with van der Waals surface area (Å²) >= 11 is 0. The predicted octanol–water partition coefficient (Wildman–Crippen LogP) is -0.487. The van der Waals surface area contributed by atoms with Gasteiger partial charge in [-0.25, -0.2) is 0 Å². The summed E-state index contributed by atoms with van der Waals surface area (Å²) in [5.74, 6) is 0.0151. The fraction of sp³-hybridized carbons (Fsp3) is 0.556. The first-order valence-electron chi connectivity index (χ1n) is 4.58. The molecule has 2 rings (SSSR count). The Hall–Kier alpha value is -1.36. The van der Waals surface area contributed by atoms with Crippen molar-refractivity contribution in [3.63, 3.8) is 0 Å². The highest BCUT2D eigenvalue weighted by Crippen LogP contribution is 2.14. The molecule has 2 heterocycles. The van der Waals surface area contributed by atoms with Crippen LogP contribution in [-0.2, 0) is 18.4 Å². The van der Waals surface area contributed by atoms with Gasteiger partial charge in [0.2, 0.25) is 5.91 Å². The third-order valence-corrected chi connectivity index (χ3v) is 2.33. The Morgan fingerprint density at radius 2 is 2.50 bits per heavy atom. The Kier molecular flexibility index (Phi) is 2.25. The summed E-state index contributed by atoms with van der Waals surface area (Å²) in [7, 11) is 1.84. The number of hydrogen-bond donors (Lipinski definition) is 1. The van der Waals surface area contributed by atoms with Crippen molar-refractivity contribution in [1.29, 1.82) is 0 Å². The zero-order valence-corrected chi connectivity index (χ0v) is 8.05. The minimum atomic E-state index is -0.501. The first kappa shape index (κ1) is 9.21. The van der Waals surface area contributed by atoms with Crippen LogP contribution >= 0.6 is 0 Å². The Balaban J connectivity index is 2.01. The van der Waals surface area contributed by atoms with Crippen LogP contribution in [0.1, 0.15) is 12.0 Å². The van der Waals surface area contributed by atoms with Gasteiger partial charge in [0.1, 0.15) is 0 Å². The minimum Gasteiger partial charge on any atom is -0.391 e. The van der Waals surface area contributed by atoms with E-state index in [0.717, 1.165) is 5.56 Å². The number of hydrogen-bond acceptors (Lipinski definition) is 3. The molecule has 1 N–H and O–H groups in total. The fourth-order valence-electron chi connectivity index (χ4n) is 1.68. The smallest absolute Gasteiger partial charge is 0.225 e. The predicted molar refractivity (Wildman–Crippen MR) is 49.2 cm³/mol. The molecule has 0 aromatic carbocycles. The van der Waals surface area contributed by atoms with Crippen molar-refractivity contribution in [2.45, 2.75) is 19.1 Å². The highest BCUT2D eigenvalue weighted by atomic mass is 16.3. The molecule has 1 aromatic rings. The Morgan fingerprint density at radius 3 is 3.00 bits per heavy atom. The average Bonchev–Trinajstić information content (AvgIpc) is 2.61.